The minimum Gasteiger partial charge on any atom is -0.339 e. The molecule has 1 aromatic rings. The molecule has 0 aromatic heterocycles. The molecule has 0 aliphatic carbocycles. The van der Waals surface area contributed by atoms with E-state index in [0.717, 1.165) is 17.5 Å². The zero-order valence-electron chi connectivity index (χ0n) is 13.8. The standard InChI is InChI=1S/C17H22N2O4S/c1-13(20)18-6-8-19(9-7-18)17(21)12-14-4-5-16-15(11-14)3-2-10-24(16,22)23/h4-5,11H,2-3,6-10,12H2,1H3. The van der Waals surface area contributed by atoms with Crippen molar-refractivity contribution in [1.82, 2.24) is 9.80 Å². The molecule has 130 valence electrons. The third kappa shape index (κ3) is 3.45. The van der Waals surface area contributed by atoms with Crippen LogP contribution in [0.2, 0.25) is 0 Å². The molecule has 3 rings (SSSR count). The van der Waals surface area contributed by atoms with Crippen molar-refractivity contribution in [3.05, 3.63) is 29.3 Å². The minimum absolute atomic E-state index is 0.0248. The molecule has 0 N–H and O–H groups in total. The number of carbonyl (C=O) groups excluding carboxylic acids is 2. The van der Waals surface area contributed by atoms with Crippen molar-refractivity contribution in [3.63, 3.8) is 0 Å². The maximum atomic E-state index is 12.4. The van der Waals surface area contributed by atoms with E-state index in [4.69, 9.17) is 0 Å². The monoisotopic (exact) mass is 350 g/mol. The van der Waals surface area contributed by atoms with Crippen LogP contribution in [-0.4, -0.2) is 62.0 Å². The molecule has 2 heterocycles. The third-order valence-electron chi connectivity index (χ3n) is 4.75. The van der Waals surface area contributed by atoms with Gasteiger partial charge in [0.1, 0.15) is 0 Å². The van der Waals surface area contributed by atoms with Gasteiger partial charge in [-0.3, -0.25) is 9.59 Å². The number of sulfone groups is 1. The minimum atomic E-state index is -3.15. The van der Waals surface area contributed by atoms with Gasteiger partial charge in [0.05, 0.1) is 17.1 Å². The van der Waals surface area contributed by atoms with Crippen LogP contribution < -0.4 is 0 Å². The molecule has 0 saturated carbocycles. The highest BCUT2D eigenvalue weighted by atomic mass is 32.2. The Hall–Kier alpha value is -1.89. The van der Waals surface area contributed by atoms with Crippen molar-refractivity contribution in [2.75, 3.05) is 31.9 Å². The average molecular weight is 350 g/mol. The lowest BCUT2D eigenvalue weighted by molar-refractivity contribution is -0.138. The summed E-state index contributed by atoms with van der Waals surface area (Å²) in [7, 11) is -3.15. The summed E-state index contributed by atoms with van der Waals surface area (Å²) in [6.07, 6.45) is 1.65. The Morgan fingerprint density at radius 1 is 1.08 bits per heavy atom. The Balaban J connectivity index is 1.67. The second-order valence-corrected chi connectivity index (χ2v) is 8.51. The van der Waals surface area contributed by atoms with Crippen molar-refractivity contribution >= 4 is 21.7 Å². The van der Waals surface area contributed by atoms with Gasteiger partial charge in [-0.05, 0) is 30.0 Å². The van der Waals surface area contributed by atoms with Gasteiger partial charge in [0.2, 0.25) is 11.8 Å². The van der Waals surface area contributed by atoms with E-state index in [1.165, 1.54) is 0 Å². The highest BCUT2D eigenvalue weighted by Gasteiger charge is 2.25. The number of fused-ring (bicyclic) bond motifs is 1. The number of piperazine rings is 1. The molecule has 1 saturated heterocycles. The van der Waals surface area contributed by atoms with E-state index in [9.17, 15) is 18.0 Å². The fraction of sp³-hybridized carbons (Fsp3) is 0.529. The number of aryl methyl sites for hydroxylation is 1. The number of rotatable bonds is 2. The third-order valence-corrected chi connectivity index (χ3v) is 6.65. The Morgan fingerprint density at radius 2 is 1.75 bits per heavy atom. The van der Waals surface area contributed by atoms with Gasteiger partial charge in [-0.25, -0.2) is 8.42 Å². The van der Waals surface area contributed by atoms with Crippen LogP contribution in [0.4, 0.5) is 0 Å². The Kier molecular flexibility index (Phi) is 4.62. The van der Waals surface area contributed by atoms with Gasteiger partial charge in [-0.1, -0.05) is 12.1 Å². The van der Waals surface area contributed by atoms with Gasteiger partial charge in [-0.15, -0.1) is 0 Å². The summed E-state index contributed by atoms with van der Waals surface area (Å²) < 4.78 is 24.1. The quantitative estimate of drug-likeness (QED) is 0.784. The van der Waals surface area contributed by atoms with Gasteiger partial charge >= 0.3 is 0 Å². The SMILES string of the molecule is CC(=O)N1CCN(C(=O)Cc2ccc3c(c2)CCCS3(=O)=O)CC1. The lowest BCUT2D eigenvalue weighted by atomic mass is 10.0. The zero-order valence-corrected chi connectivity index (χ0v) is 14.6. The van der Waals surface area contributed by atoms with E-state index in [1.54, 1.807) is 28.9 Å². The fourth-order valence-electron chi connectivity index (χ4n) is 3.36. The summed E-state index contributed by atoms with van der Waals surface area (Å²) in [4.78, 5) is 27.7. The van der Waals surface area contributed by atoms with Crippen LogP contribution in [0.1, 0.15) is 24.5 Å². The number of amides is 2. The highest BCUT2D eigenvalue weighted by molar-refractivity contribution is 7.91. The first-order valence-electron chi connectivity index (χ1n) is 8.25. The molecule has 0 radical (unpaired) electrons. The summed E-state index contributed by atoms with van der Waals surface area (Å²) in [6.45, 7) is 3.79. The van der Waals surface area contributed by atoms with Crippen molar-refractivity contribution in [3.8, 4) is 0 Å². The van der Waals surface area contributed by atoms with E-state index < -0.39 is 9.84 Å². The summed E-state index contributed by atoms with van der Waals surface area (Å²) in [6, 6.07) is 5.24. The normalized spacial score (nSPS) is 19.7. The summed E-state index contributed by atoms with van der Waals surface area (Å²) in [5.74, 6) is 0.272. The van der Waals surface area contributed by atoms with E-state index in [2.05, 4.69) is 0 Å². The summed E-state index contributed by atoms with van der Waals surface area (Å²) in [5.41, 5.74) is 1.68. The lowest BCUT2D eigenvalue weighted by Gasteiger charge is -2.34. The van der Waals surface area contributed by atoms with E-state index in [-0.39, 0.29) is 24.0 Å². The smallest absolute Gasteiger partial charge is 0.227 e. The Labute approximate surface area is 142 Å². The molecular weight excluding hydrogens is 328 g/mol. The van der Waals surface area contributed by atoms with Crippen LogP contribution in [0, 0.1) is 0 Å². The molecule has 0 atom stereocenters. The molecule has 2 aliphatic heterocycles. The molecule has 7 heteroatoms. The predicted octanol–water partition coefficient (Wildman–Crippen LogP) is 0.640. The van der Waals surface area contributed by atoms with Gasteiger partial charge in [0.25, 0.3) is 0 Å². The maximum absolute atomic E-state index is 12.4. The molecule has 2 amide bonds. The largest absolute Gasteiger partial charge is 0.339 e. The molecular formula is C17H22N2O4S. The maximum Gasteiger partial charge on any atom is 0.227 e. The van der Waals surface area contributed by atoms with Crippen LogP contribution in [0.25, 0.3) is 0 Å². The van der Waals surface area contributed by atoms with Crippen LogP contribution in [-0.2, 0) is 32.3 Å². The summed E-state index contributed by atoms with van der Waals surface area (Å²) in [5, 5.41) is 0. The Morgan fingerprint density at radius 3 is 2.42 bits per heavy atom. The molecule has 0 spiro atoms. The molecule has 0 unspecified atom stereocenters. The predicted molar refractivity (Wildman–Crippen MR) is 89.4 cm³/mol. The van der Waals surface area contributed by atoms with E-state index in [1.807, 2.05) is 6.07 Å². The van der Waals surface area contributed by atoms with E-state index in [0.29, 0.717) is 37.5 Å². The Bertz CT molecular complexity index is 765. The van der Waals surface area contributed by atoms with Gasteiger partial charge < -0.3 is 9.80 Å². The topological polar surface area (TPSA) is 74.8 Å². The number of hydrogen-bond acceptors (Lipinski definition) is 4. The first kappa shape index (κ1) is 17.0. The molecule has 0 bridgehead atoms. The number of nitrogens with zero attached hydrogens (tertiary/aromatic N) is 2. The van der Waals surface area contributed by atoms with Gasteiger partial charge in [-0.2, -0.15) is 0 Å². The average Bonchev–Trinajstić information content (AvgIpc) is 2.54. The van der Waals surface area contributed by atoms with Crippen molar-refractivity contribution < 1.29 is 18.0 Å². The molecule has 6 nitrogen and oxygen atoms in total. The number of carbonyl (C=O) groups is 2. The second kappa shape index (κ2) is 6.55. The summed E-state index contributed by atoms with van der Waals surface area (Å²) >= 11 is 0. The number of hydrogen-bond donors (Lipinski definition) is 0. The molecule has 2 aliphatic rings. The lowest BCUT2D eigenvalue weighted by Crippen LogP contribution is -2.50. The van der Waals surface area contributed by atoms with E-state index >= 15 is 0 Å². The van der Waals surface area contributed by atoms with Crippen LogP contribution in [0.5, 0.6) is 0 Å². The van der Waals surface area contributed by atoms with Crippen molar-refractivity contribution in [2.24, 2.45) is 0 Å². The van der Waals surface area contributed by atoms with Crippen LogP contribution in [0.3, 0.4) is 0 Å². The number of benzene rings is 1. The van der Waals surface area contributed by atoms with Crippen LogP contribution >= 0.6 is 0 Å². The first-order chi connectivity index (χ1) is 11.4. The van der Waals surface area contributed by atoms with Crippen molar-refractivity contribution in [1.29, 1.82) is 0 Å². The second-order valence-electron chi connectivity index (χ2n) is 6.43. The van der Waals surface area contributed by atoms with Gasteiger partial charge in [0, 0.05) is 33.1 Å². The zero-order chi connectivity index (χ0) is 17.3. The van der Waals surface area contributed by atoms with Crippen molar-refractivity contribution in [2.45, 2.75) is 31.1 Å². The van der Waals surface area contributed by atoms with Gasteiger partial charge in [0.15, 0.2) is 9.84 Å². The molecule has 24 heavy (non-hydrogen) atoms. The first-order valence-corrected chi connectivity index (χ1v) is 9.90. The fourth-order valence-corrected chi connectivity index (χ4v) is 4.94. The highest BCUT2D eigenvalue weighted by Crippen LogP contribution is 2.26. The van der Waals surface area contributed by atoms with Crippen LogP contribution in [0.15, 0.2) is 23.1 Å². The molecule has 1 aromatic carbocycles. The molecule has 1 fully saturated rings.